The molecule has 1 rings (SSSR count). The zero-order chi connectivity index (χ0) is 8.32. The van der Waals surface area contributed by atoms with Gasteiger partial charge in [-0.15, -0.1) is 11.8 Å². The van der Waals surface area contributed by atoms with Crippen LogP contribution >= 0.6 is 11.8 Å². The predicted molar refractivity (Wildman–Crippen MR) is 49.5 cm³/mol. The Morgan fingerprint density at radius 3 is 2.64 bits per heavy atom. The molecule has 0 N–H and O–H groups in total. The lowest BCUT2D eigenvalue weighted by atomic mass is 9.76. The van der Waals surface area contributed by atoms with Gasteiger partial charge in [0.05, 0.1) is 6.07 Å². The van der Waals surface area contributed by atoms with Gasteiger partial charge in [-0.1, -0.05) is 13.8 Å². The molecule has 0 aromatic carbocycles. The summed E-state index contributed by atoms with van der Waals surface area (Å²) in [6.07, 6.45) is 3.39. The summed E-state index contributed by atoms with van der Waals surface area (Å²) in [5.41, 5.74) is 0. The molecule has 1 aliphatic carbocycles. The molecule has 1 aliphatic rings. The van der Waals surface area contributed by atoms with Crippen LogP contribution in [0.3, 0.4) is 0 Å². The van der Waals surface area contributed by atoms with Crippen LogP contribution in [0.1, 0.15) is 33.1 Å². The van der Waals surface area contributed by atoms with Gasteiger partial charge in [0.25, 0.3) is 0 Å². The maximum absolute atomic E-state index is 8.91. The van der Waals surface area contributed by atoms with Crippen molar-refractivity contribution in [1.29, 1.82) is 5.26 Å². The zero-order valence-electron chi connectivity index (χ0n) is 7.26. The molecule has 0 heterocycles. The third kappa shape index (κ3) is 1.90. The van der Waals surface area contributed by atoms with E-state index in [0.717, 1.165) is 24.5 Å². The highest BCUT2D eigenvalue weighted by molar-refractivity contribution is 8.00. The highest BCUT2D eigenvalue weighted by atomic mass is 32.2. The number of nitriles is 1. The fraction of sp³-hybridized carbons (Fsp3) is 0.889. The Kier molecular flexibility index (Phi) is 2.84. The van der Waals surface area contributed by atoms with E-state index in [4.69, 9.17) is 5.26 Å². The molecule has 1 nitrogen and oxygen atoms in total. The molecule has 0 radical (unpaired) electrons. The SMILES string of the molecule is CCCSC1(C#N)CC(C)C1. The topological polar surface area (TPSA) is 23.8 Å². The van der Waals surface area contributed by atoms with Gasteiger partial charge in [0.1, 0.15) is 4.75 Å². The van der Waals surface area contributed by atoms with Crippen LogP contribution in [0.4, 0.5) is 0 Å². The van der Waals surface area contributed by atoms with E-state index in [0.29, 0.717) is 0 Å². The molecule has 0 saturated heterocycles. The highest BCUT2D eigenvalue weighted by Crippen LogP contribution is 2.47. The molecule has 2 heteroatoms. The molecule has 62 valence electrons. The second-order valence-corrected chi connectivity index (χ2v) is 4.95. The van der Waals surface area contributed by atoms with Crippen LogP contribution in [0.25, 0.3) is 0 Å². The number of hydrogen-bond donors (Lipinski definition) is 0. The molecule has 0 aromatic heterocycles. The normalized spacial score (nSPS) is 35.9. The molecule has 11 heavy (non-hydrogen) atoms. The van der Waals surface area contributed by atoms with E-state index in [9.17, 15) is 0 Å². The molecule has 0 spiro atoms. The summed E-state index contributed by atoms with van der Waals surface area (Å²) in [5.74, 6) is 1.92. The number of hydrogen-bond acceptors (Lipinski definition) is 2. The van der Waals surface area contributed by atoms with Gasteiger partial charge in [-0.2, -0.15) is 5.26 Å². The standard InChI is InChI=1S/C9H15NS/c1-3-4-11-9(7-10)5-8(2)6-9/h8H,3-6H2,1-2H3. The largest absolute Gasteiger partial charge is 0.197 e. The van der Waals surface area contributed by atoms with Crippen molar-refractivity contribution in [2.75, 3.05) is 5.75 Å². The maximum atomic E-state index is 8.91. The smallest absolute Gasteiger partial charge is 0.103 e. The van der Waals surface area contributed by atoms with Gasteiger partial charge in [0, 0.05) is 0 Å². The van der Waals surface area contributed by atoms with Crippen LogP contribution < -0.4 is 0 Å². The van der Waals surface area contributed by atoms with Gasteiger partial charge in [-0.25, -0.2) is 0 Å². The second kappa shape index (κ2) is 3.49. The Labute approximate surface area is 73.2 Å². The Morgan fingerprint density at radius 1 is 1.64 bits per heavy atom. The van der Waals surface area contributed by atoms with E-state index in [1.165, 1.54) is 6.42 Å². The first-order chi connectivity index (χ1) is 5.22. The minimum atomic E-state index is 0.00935. The summed E-state index contributed by atoms with van der Waals surface area (Å²) in [4.78, 5) is 0. The average Bonchev–Trinajstić information content (AvgIpc) is 1.96. The third-order valence-electron chi connectivity index (χ3n) is 2.14. The number of nitrogens with zero attached hydrogens (tertiary/aromatic N) is 1. The molecule has 0 aliphatic heterocycles. The Morgan fingerprint density at radius 2 is 2.27 bits per heavy atom. The lowest BCUT2D eigenvalue weighted by molar-refractivity contribution is 0.303. The molecule has 1 saturated carbocycles. The van der Waals surface area contributed by atoms with Crippen molar-refractivity contribution in [3.05, 3.63) is 0 Å². The van der Waals surface area contributed by atoms with Crippen molar-refractivity contribution >= 4 is 11.8 Å². The van der Waals surface area contributed by atoms with E-state index in [2.05, 4.69) is 19.9 Å². The Bertz CT molecular complexity index is 165. The third-order valence-corrected chi connectivity index (χ3v) is 3.73. The fourth-order valence-corrected chi connectivity index (χ4v) is 3.07. The van der Waals surface area contributed by atoms with Crippen LogP contribution in [-0.2, 0) is 0 Å². The van der Waals surface area contributed by atoms with E-state index < -0.39 is 0 Å². The first kappa shape index (κ1) is 8.93. The summed E-state index contributed by atoms with van der Waals surface area (Å²) in [5, 5.41) is 8.91. The first-order valence-corrected chi connectivity index (χ1v) is 5.26. The summed E-state index contributed by atoms with van der Waals surface area (Å²) < 4.78 is 0.00935. The van der Waals surface area contributed by atoms with E-state index in [1.54, 1.807) is 0 Å². The molecule has 0 atom stereocenters. The minimum Gasteiger partial charge on any atom is -0.197 e. The quantitative estimate of drug-likeness (QED) is 0.648. The van der Waals surface area contributed by atoms with Crippen molar-refractivity contribution in [2.45, 2.75) is 37.9 Å². The van der Waals surface area contributed by atoms with Gasteiger partial charge >= 0.3 is 0 Å². The van der Waals surface area contributed by atoms with Gasteiger partial charge in [-0.3, -0.25) is 0 Å². The van der Waals surface area contributed by atoms with Crippen molar-refractivity contribution in [3.8, 4) is 6.07 Å². The maximum Gasteiger partial charge on any atom is 0.103 e. The van der Waals surface area contributed by atoms with Crippen molar-refractivity contribution in [2.24, 2.45) is 5.92 Å². The lowest BCUT2D eigenvalue weighted by Gasteiger charge is -2.40. The molecule has 0 unspecified atom stereocenters. The van der Waals surface area contributed by atoms with Crippen LogP contribution in [0.5, 0.6) is 0 Å². The first-order valence-electron chi connectivity index (χ1n) is 4.27. The molecule has 0 aromatic rings. The van der Waals surface area contributed by atoms with Crippen LogP contribution in [0.15, 0.2) is 0 Å². The average molecular weight is 169 g/mol. The molecule has 1 fully saturated rings. The highest BCUT2D eigenvalue weighted by Gasteiger charge is 2.42. The van der Waals surface area contributed by atoms with Gasteiger partial charge in [-0.05, 0) is 30.9 Å². The molecule has 0 bridgehead atoms. The number of thioether (sulfide) groups is 1. The van der Waals surface area contributed by atoms with Crippen molar-refractivity contribution in [3.63, 3.8) is 0 Å². The summed E-state index contributed by atoms with van der Waals surface area (Å²) in [7, 11) is 0. The zero-order valence-corrected chi connectivity index (χ0v) is 8.08. The fourth-order valence-electron chi connectivity index (χ4n) is 1.60. The summed E-state index contributed by atoms with van der Waals surface area (Å²) >= 11 is 1.85. The molecular weight excluding hydrogens is 154 g/mol. The van der Waals surface area contributed by atoms with Crippen molar-refractivity contribution in [1.82, 2.24) is 0 Å². The number of rotatable bonds is 3. The van der Waals surface area contributed by atoms with Gasteiger partial charge < -0.3 is 0 Å². The van der Waals surface area contributed by atoms with E-state index in [1.807, 2.05) is 11.8 Å². The molecule has 0 amide bonds. The van der Waals surface area contributed by atoms with Crippen LogP contribution in [0, 0.1) is 17.2 Å². The van der Waals surface area contributed by atoms with Gasteiger partial charge in [0.2, 0.25) is 0 Å². The van der Waals surface area contributed by atoms with Crippen LogP contribution in [0.2, 0.25) is 0 Å². The summed E-state index contributed by atoms with van der Waals surface area (Å²) in [6.45, 7) is 4.39. The van der Waals surface area contributed by atoms with Crippen LogP contribution in [-0.4, -0.2) is 10.5 Å². The monoisotopic (exact) mass is 169 g/mol. The predicted octanol–water partition coefficient (Wildman–Crippen LogP) is 2.82. The minimum absolute atomic E-state index is 0.00935. The Hall–Kier alpha value is -0.160. The van der Waals surface area contributed by atoms with Crippen molar-refractivity contribution < 1.29 is 0 Å². The second-order valence-electron chi connectivity index (χ2n) is 3.47. The Balaban J connectivity index is 2.33. The lowest BCUT2D eigenvalue weighted by Crippen LogP contribution is -2.38. The summed E-state index contributed by atoms with van der Waals surface area (Å²) in [6, 6.07) is 2.44. The van der Waals surface area contributed by atoms with Gasteiger partial charge in [0.15, 0.2) is 0 Å². The molecular formula is C9H15NS. The van der Waals surface area contributed by atoms with E-state index >= 15 is 0 Å². The van der Waals surface area contributed by atoms with E-state index in [-0.39, 0.29) is 4.75 Å².